The molecule has 1 spiro atoms. The smallest absolute Gasteiger partial charge is 0.178 e. The van der Waals surface area contributed by atoms with Crippen LogP contribution in [0.3, 0.4) is 0 Å². The van der Waals surface area contributed by atoms with Crippen LogP contribution in [-0.4, -0.2) is 28.8 Å². The summed E-state index contributed by atoms with van der Waals surface area (Å²) in [6, 6.07) is 17.2. The van der Waals surface area contributed by atoms with Crippen LogP contribution >= 0.6 is 0 Å². The molecule has 33 heavy (non-hydrogen) atoms. The molecule has 2 fully saturated rings. The molecule has 3 aromatic rings. The monoisotopic (exact) mass is 444 g/mol. The summed E-state index contributed by atoms with van der Waals surface area (Å²) in [7, 11) is 0. The van der Waals surface area contributed by atoms with E-state index in [1.807, 2.05) is 10.9 Å². The lowest BCUT2D eigenvalue weighted by atomic mass is 9.58. The molecule has 1 aliphatic heterocycles. The minimum absolute atomic E-state index is 0.241. The Balaban J connectivity index is 0.00000111. The first-order valence-corrected chi connectivity index (χ1v) is 11.5. The minimum Gasteiger partial charge on any atom is -0.347 e. The minimum atomic E-state index is -0.581. The molecule has 2 heterocycles. The predicted octanol–water partition coefficient (Wildman–Crippen LogP) is 5.91. The van der Waals surface area contributed by atoms with Crippen molar-refractivity contribution in [3.8, 4) is 5.69 Å². The van der Waals surface area contributed by atoms with Gasteiger partial charge in [-0.05, 0) is 67.2 Å². The average Bonchev–Trinajstić information content (AvgIpc) is 3.49. The molecule has 170 valence electrons. The van der Waals surface area contributed by atoms with Crippen molar-refractivity contribution in [2.24, 2.45) is 5.41 Å². The molecule has 1 atom stereocenters. The largest absolute Gasteiger partial charge is 0.347 e. The van der Waals surface area contributed by atoms with Gasteiger partial charge in [0.1, 0.15) is 5.82 Å². The molecule has 6 rings (SSSR count). The summed E-state index contributed by atoms with van der Waals surface area (Å²) in [6.45, 7) is 7.29. The van der Waals surface area contributed by atoms with Crippen molar-refractivity contribution in [2.45, 2.75) is 37.9 Å². The first-order valence-electron chi connectivity index (χ1n) is 11.5. The van der Waals surface area contributed by atoms with E-state index in [4.69, 9.17) is 9.47 Å². The van der Waals surface area contributed by atoms with Gasteiger partial charge in [0, 0.05) is 6.42 Å². The third kappa shape index (κ3) is 3.56. The molecule has 3 aliphatic rings. The average molecular weight is 445 g/mol. The Morgan fingerprint density at radius 3 is 2.45 bits per heavy atom. The second-order valence-corrected chi connectivity index (χ2v) is 8.84. The van der Waals surface area contributed by atoms with Crippen LogP contribution in [0.5, 0.6) is 0 Å². The zero-order valence-electron chi connectivity index (χ0n) is 18.8. The summed E-state index contributed by atoms with van der Waals surface area (Å²) in [5.74, 6) is -0.822. The summed E-state index contributed by atoms with van der Waals surface area (Å²) >= 11 is 0. The first kappa shape index (κ1) is 21.8. The third-order valence-corrected chi connectivity index (χ3v) is 7.16. The fraction of sp³-hybridized carbons (Fsp3) is 0.321. The highest BCUT2D eigenvalue weighted by Crippen LogP contribution is 2.58. The molecule has 1 aromatic heterocycles. The number of halogens is 1. The molecule has 0 amide bonds. The van der Waals surface area contributed by atoms with Gasteiger partial charge in [0.15, 0.2) is 5.79 Å². The van der Waals surface area contributed by atoms with E-state index in [9.17, 15) is 4.39 Å². The molecule has 0 bridgehead atoms. The molecule has 5 heteroatoms. The number of ether oxygens (including phenoxy) is 2. The van der Waals surface area contributed by atoms with Crippen molar-refractivity contribution in [3.05, 3.63) is 102 Å². The van der Waals surface area contributed by atoms with Gasteiger partial charge in [-0.2, -0.15) is 5.10 Å². The van der Waals surface area contributed by atoms with E-state index in [0.29, 0.717) is 13.2 Å². The third-order valence-electron chi connectivity index (χ3n) is 7.16. The van der Waals surface area contributed by atoms with Crippen LogP contribution in [0.2, 0.25) is 0 Å². The summed E-state index contributed by atoms with van der Waals surface area (Å²) in [6.07, 6.45) is 8.93. The van der Waals surface area contributed by atoms with Gasteiger partial charge in [-0.1, -0.05) is 35.9 Å². The molecule has 0 N–H and O–H groups in total. The number of aromatic nitrogens is 2. The SMILES string of the molecule is C=C.Fc1ccc(-n2ncc3c2C=C2CCCC4(OCCO4)C2(Cc2ccccc2)C3)cc1. The van der Waals surface area contributed by atoms with Gasteiger partial charge >= 0.3 is 0 Å². The zero-order chi connectivity index (χ0) is 22.9. The fourth-order valence-electron chi connectivity index (χ4n) is 5.78. The van der Waals surface area contributed by atoms with E-state index in [0.717, 1.165) is 43.5 Å². The molecule has 1 unspecified atom stereocenters. The number of hydrogen-bond acceptors (Lipinski definition) is 3. The normalized spacial score (nSPS) is 22.6. The number of benzene rings is 2. The van der Waals surface area contributed by atoms with Crippen LogP contribution in [0, 0.1) is 11.2 Å². The Labute approximate surface area is 194 Å². The lowest BCUT2D eigenvalue weighted by Crippen LogP contribution is -2.56. The van der Waals surface area contributed by atoms with E-state index < -0.39 is 5.79 Å². The first-order chi connectivity index (χ1) is 16.2. The number of hydrogen-bond donors (Lipinski definition) is 0. The summed E-state index contributed by atoms with van der Waals surface area (Å²) in [4.78, 5) is 0. The van der Waals surface area contributed by atoms with Gasteiger partial charge in [-0.25, -0.2) is 9.07 Å². The van der Waals surface area contributed by atoms with Gasteiger partial charge in [0.25, 0.3) is 0 Å². The van der Waals surface area contributed by atoms with Gasteiger partial charge in [-0.3, -0.25) is 0 Å². The Hall–Kier alpha value is -3.02. The van der Waals surface area contributed by atoms with E-state index in [1.165, 1.54) is 28.8 Å². The highest BCUT2D eigenvalue weighted by atomic mass is 19.1. The highest BCUT2D eigenvalue weighted by Gasteiger charge is 2.60. The van der Waals surface area contributed by atoms with Crippen molar-refractivity contribution in [3.63, 3.8) is 0 Å². The maximum atomic E-state index is 13.4. The van der Waals surface area contributed by atoms with E-state index in [1.54, 1.807) is 12.1 Å². The van der Waals surface area contributed by atoms with Gasteiger partial charge < -0.3 is 9.47 Å². The molecule has 4 nitrogen and oxygen atoms in total. The second-order valence-electron chi connectivity index (χ2n) is 8.84. The number of rotatable bonds is 3. The Morgan fingerprint density at radius 2 is 1.73 bits per heavy atom. The van der Waals surface area contributed by atoms with Crippen LogP contribution < -0.4 is 0 Å². The molecule has 2 aliphatic carbocycles. The molecule has 2 aromatic carbocycles. The molecular weight excluding hydrogens is 415 g/mol. The highest BCUT2D eigenvalue weighted by molar-refractivity contribution is 5.62. The fourth-order valence-corrected chi connectivity index (χ4v) is 5.78. The Morgan fingerprint density at radius 1 is 1.00 bits per heavy atom. The lowest BCUT2D eigenvalue weighted by molar-refractivity contribution is -0.239. The standard InChI is InChI=1S/C26H25FN2O2.C2H4/c27-22-8-10-23(11-9-22)29-24-15-21-7-4-12-26(30-13-14-31-26)25(21,17-20(24)18-28-29)16-19-5-2-1-3-6-19;1-2/h1-3,5-6,8-11,15,18H,4,7,12-14,16-17H2;1-2H2. The lowest BCUT2D eigenvalue weighted by Gasteiger charge is -2.53. The van der Waals surface area contributed by atoms with Crippen LogP contribution in [0.25, 0.3) is 11.8 Å². The van der Waals surface area contributed by atoms with Crippen LogP contribution in [0.4, 0.5) is 4.39 Å². The number of fused-ring (bicyclic) bond motifs is 3. The maximum absolute atomic E-state index is 13.4. The van der Waals surface area contributed by atoms with E-state index in [2.05, 4.69) is 54.7 Å². The summed E-state index contributed by atoms with van der Waals surface area (Å²) < 4.78 is 28.2. The van der Waals surface area contributed by atoms with Gasteiger partial charge in [0.05, 0.1) is 36.2 Å². The maximum Gasteiger partial charge on any atom is 0.178 e. The van der Waals surface area contributed by atoms with E-state index >= 15 is 0 Å². The van der Waals surface area contributed by atoms with Crippen molar-refractivity contribution in [1.82, 2.24) is 9.78 Å². The van der Waals surface area contributed by atoms with Gasteiger partial charge in [-0.15, -0.1) is 13.2 Å². The van der Waals surface area contributed by atoms with E-state index in [-0.39, 0.29) is 11.2 Å². The van der Waals surface area contributed by atoms with Crippen molar-refractivity contribution < 1.29 is 13.9 Å². The second kappa shape index (κ2) is 8.73. The summed E-state index contributed by atoms with van der Waals surface area (Å²) in [5.41, 5.74) is 5.56. The summed E-state index contributed by atoms with van der Waals surface area (Å²) in [5, 5.41) is 4.68. The van der Waals surface area contributed by atoms with Crippen LogP contribution in [0.15, 0.2) is 79.5 Å². The van der Waals surface area contributed by atoms with Crippen molar-refractivity contribution in [2.75, 3.05) is 13.2 Å². The Bertz CT molecular complexity index is 1150. The predicted molar refractivity (Wildman–Crippen MR) is 128 cm³/mol. The van der Waals surface area contributed by atoms with Crippen molar-refractivity contribution >= 4 is 6.08 Å². The van der Waals surface area contributed by atoms with Gasteiger partial charge in [0.2, 0.25) is 0 Å². The van der Waals surface area contributed by atoms with Crippen LogP contribution in [0.1, 0.15) is 36.1 Å². The van der Waals surface area contributed by atoms with Crippen LogP contribution in [-0.2, 0) is 22.3 Å². The Kier molecular flexibility index (Phi) is 5.77. The molecule has 1 saturated heterocycles. The zero-order valence-corrected chi connectivity index (χ0v) is 18.8. The quantitative estimate of drug-likeness (QED) is 0.471. The van der Waals surface area contributed by atoms with Crippen molar-refractivity contribution in [1.29, 1.82) is 0 Å². The topological polar surface area (TPSA) is 36.3 Å². The molecule has 1 saturated carbocycles. The molecular formula is C28H29FN2O2. The number of nitrogens with zero attached hydrogens (tertiary/aromatic N) is 2. The molecule has 0 radical (unpaired) electrons.